The van der Waals surface area contributed by atoms with Crippen LogP contribution in [0.25, 0.3) is 0 Å². The maximum Gasteiger partial charge on any atom is 0.200 e. The standard InChI is InChI=1S/C14H8Br2N2O4.C13H14N2/c15-9-10(16)14(22)8-7(11(9)18)13(21)6-4(19)2-1-3(17)5(6)12(8)20;14-13(15,11-7-3-1-4-8-11)12-9-5-2-6-10-12/h1-2,19,22H,17-18H2;1-10H,14-15H2. The van der Waals surface area contributed by atoms with Gasteiger partial charge in [0.25, 0.3) is 0 Å². The Kier molecular flexibility index (Phi) is 7.11. The van der Waals surface area contributed by atoms with Crippen LogP contribution in [-0.2, 0) is 5.66 Å². The third-order valence-electron chi connectivity index (χ3n) is 6.02. The van der Waals surface area contributed by atoms with E-state index in [0.717, 1.165) is 11.1 Å². The minimum atomic E-state index is -0.914. The van der Waals surface area contributed by atoms with E-state index >= 15 is 0 Å². The summed E-state index contributed by atoms with van der Waals surface area (Å²) in [6.07, 6.45) is 0. The van der Waals surface area contributed by atoms with Crippen LogP contribution in [0.15, 0.2) is 81.7 Å². The maximum absolute atomic E-state index is 12.7. The molecule has 0 heterocycles. The average molecular weight is 626 g/mol. The zero-order chi connectivity index (χ0) is 27.1. The average Bonchev–Trinajstić information content (AvgIpc) is 2.90. The van der Waals surface area contributed by atoms with Crippen LogP contribution in [0.3, 0.4) is 0 Å². The Morgan fingerprint density at radius 2 is 1.11 bits per heavy atom. The van der Waals surface area contributed by atoms with Crippen LogP contribution in [-0.4, -0.2) is 21.8 Å². The van der Waals surface area contributed by atoms with E-state index in [1.165, 1.54) is 12.1 Å². The summed E-state index contributed by atoms with van der Waals surface area (Å²) in [5.41, 5.74) is 24.1. The van der Waals surface area contributed by atoms with Crippen LogP contribution in [0.4, 0.5) is 11.4 Å². The fourth-order valence-electron chi connectivity index (χ4n) is 4.08. The predicted octanol–water partition coefficient (Wildman–Crippen LogP) is 4.37. The van der Waals surface area contributed by atoms with Crippen molar-refractivity contribution in [3.05, 3.63) is 115 Å². The molecular formula is C27H22Br2N4O4. The molecule has 1 aliphatic carbocycles. The highest BCUT2D eigenvalue weighted by atomic mass is 79.9. The number of anilines is 2. The summed E-state index contributed by atoms with van der Waals surface area (Å²) in [6, 6.07) is 21.9. The van der Waals surface area contributed by atoms with Crippen molar-refractivity contribution in [3.63, 3.8) is 0 Å². The first-order chi connectivity index (χ1) is 17.5. The molecule has 10 N–H and O–H groups in total. The summed E-state index contributed by atoms with van der Waals surface area (Å²) in [5.74, 6) is -2.13. The molecule has 1 aliphatic rings. The van der Waals surface area contributed by atoms with Crippen LogP contribution in [0.2, 0.25) is 0 Å². The Morgan fingerprint density at radius 1 is 0.622 bits per heavy atom. The van der Waals surface area contributed by atoms with Gasteiger partial charge < -0.3 is 33.1 Å². The van der Waals surface area contributed by atoms with Crippen LogP contribution >= 0.6 is 31.9 Å². The molecule has 5 rings (SSSR count). The zero-order valence-corrected chi connectivity index (χ0v) is 22.4. The number of halogens is 2. The highest BCUT2D eigenvalue weighted by Gasteiger charge is 2.39. The van der Waals surface area contributed by atoms with Gasteiger partial charge >= 0.3 is 0 Å². The molecule has 188 valence electrons. The van der Waals surface area contributed by atoms with Gasteiger partial charge in [0.2, 0.25) is 11.6 Å². The number of hydrogen-bond donors (Lipinski definition) is 6. The number of fused-ring (bicyclic) bond motifs is 2. The Labute approximate surface area is 229 Å². The molecule has 10 heteroatoms. The van der Waals surface area contributed by atoms with E-state index in [1.807, 2.05) is 60.7 Å². The van der Waals surface area contributed by atoms with Crippen molar-refractivity contribution in [2.24, 2.45) is 11.5 Å². The van der Waals surface area contributed by atoms with E-state index in [4.69, 9.17) is 22.9 Å². The molecular weight excluding hydrogens is 604 g/mol. The van der Waals surface area contributed by atoms with Crippen molar-refractivity contribution in [1.29, 1.82) is 0 Å². The summed E-state index contributed by atoms with van der Waals surface area (Å²) in [4.78, 5) is 25.3. The first-order valence-electron chi connectivity index (χ1n) is 10.9. The van der Waals surface area contributed by atoms with Gasteiger partial charge in [0.15, 0.2) is 0 Å². The number of carbonyl (C=O) groups is 2. The van der Waals surface area contributed by atoms with Crippen molar-refractivity contribution < 1.29 is 19.8 Å². The van der Waals surface area contributed by atoms with Gasteiger partial charge in [-0.25, -0.2) is 0 Å². The monoisotopic (exact) mass is 624 g/mol. The molecule has 0 aliphatic heterocycles. The Hall–Kier alpha value is -3.70. The lowest BCUT2D eigenvalue weighted by atomic mass is 9.81. The Bertz CT molecular complexity index is 1430. The van der Waals surface area contributed by atoms with Gasteiger partial charge in [-0.05, 0) is 55.1 Å². The van der Waals surface area contributed by atoms with Crippen molar-refractivity contribution in [1.82, 2.24) is 0 Å². The molecule has 0 bridgehead atoms. The van der Waals surface area contributed by atoms with E-state index in [0.29, 0.717) is 0 Å². The molecule has 0 unspecified atom stereocenters. The van der Waals surface area contributed by atoms with Gasteiger partial charge in [0.1, 0.15) is 17.2 Å². The van der Waals surface area contributed by atoms with E-state index in [1.54, 1.807) is 0 Å². The lowest BCUT2D eigenvalue weighted by Gasteiger charge is -2.25. The molecule has 0 radical (unpaired) electrons. The molecule has 0 saturated heterocycles. The second-order valence-corrected chi connectivity index (χ2v) is 9.91. The summed E-state index contributed by atoms with van der Waals surface area (Å²) in [6.45, 7) is 0. The van der Waals surface area contributed by atoms with Crippen LogP contribution in [0.1, 0.15) is 43.0 Å². The summed E-state index contributed by atoms with van der Waals surface area (Å²) >= 11 is 6.26. The number of benzene rings is 4. The summed E-state index contributed by atoms with van der Waals surface area (Å²) in [5, 5.41) is 20.1. The van der Waals surface area contributed by atoms with Gasteiger partial charge in [-0.1, -0.05) is 60.7 Å². The number of ketones is 2. The smallest absolute Gasteiger partial charge is 0.200 e. The van der Waals surface area contributed by atoms with E-state index in [9.17, 15) is 19.8 Å². The molecule has 0 aromatic heterocycles. The normalized spacial score (nSPS) is 12.3. The number of phenols is 2. The number of rotatable bonds is 2. The zero-order valence-electron chi connectivity index (χ0n) is 19.2. The number of nitrogens with two attached hydrogens (primary N) is 4. The number of hydrogen-bond acceptors (Lipinski definition) is 8. The molecule has 0 fully saturated rings. The Balaban J connectivity index is 0.000000186. The maximum atomic E-state index is 12.7. The molecule has 8 nitrogen and oxygen atoms in total. The fraction of sp³-hybridized carbons (Fsp3) is 0.0370. The van der Waals surface area contributed by atoms with E-state index in [-0.39, 0.29) is 48.3 Å². The lowest BCUT2D eigenvalue weighted by Crippen LogP contribution is -2.46. The number of phenolic OH excluding ortho intramolecular Hbond substituents is 2. The SMILES string of the molecule is NC(N)(c1ccccc1)c1ccccc1.Nc1ccc(O)c2c1C(=O)c1c(O)c(Br)c(Br)c(N)c1C2=O. The lowest BCUT2D eigenvalue weighted by molar-refractivity contribution is 0.0975. The van der Waals surface area contributed by atoms with Crippen LogP contribution in [0.5, 0.6) is 11.5 Å². The fourth-order valence-corrected chi connectivity index (χ4v) is 4.88. The first-order valence-corrected chi connectivity index (χ1v) is 12.5. The van der Waals surface area contributed by atoms with Crippen LogP contribution in [0, 0.1) is 0 Å². The number of aromatic hydroxyl groups is 2. The summed E-state index contributed by atoms with van der Waals surface area (Å²) < 4.78 is 0.406. The third-order valence-corrected chi connectivity index (χ3v) is 8.15. The second-order valence-electron chi connectivity index (χ2n) is 8.32. The number of nitrogen functional groups attached to an aromatic ring is 2. The van der Waals surface area contributed by atoms with E-state index in [2.05, 4.69) is 31.9 Å². The molecule has 0 amide bonds. The minimum absolute atomic E-state index is 0.00880. The highest BCUT2D eigenvalue weighted by Crippen LogP contribution is 2.47. The molecule has 37 heavy (non-hydrogen) atoms. The predicted molar refractivity (Wildman–Crippen MR) is 149 cm³/mol. The van der Waals surface area contributed by atoms with Crippen molar-refractivity contribution >= 4 is 54.8 Å². The first kappa shape index (κ1) is 26.4. The number of carbonyl (C=O) groups excluding carboxylic acids is 2. The Morgan fingerprint density at radius 3 is 1.62 bits per heavy atom. The van der Waals surface area contributed by atoms with Gasteiger partial charge in [0, 0.05) is 5.69 Å². The quantitative estimate of drug-likeness (QED) is 0.0950. The topological polar surface area (TPSA) is 179 Å². The molecule has 4 aromatic rings. The van der Waals surface area contributed by atoms with Gasteiger partial charge in [-0.15, -0.1) is 0 Å². The van der Waals surface area contributed by atoms with Gasteiger partial charge in [-0.2, -0.15) is 0 Å². The van der Waals surface area contributed by atoms with Crippen molar-refractivity contribution in [3.8, 4) is 11.5 Å². The van der Waals surface area contributed by atoms with Gasteiger partial charge in [-0.3, -0.25) is 9.59 Å². The summed E-state index contributed by atoms with van der Waals surface area (Å²) in [7, 11) is 0. The van der Waals surface area contributed by atoms with Crippen molar-refractivity contribution in [2.45, 2.75) is 5.66 Å². The second kappa shape index (κ2) is 9.98. The van der Waals surface area contributed by atoms with Gasteiger partial charge in [0.05, 0.1) is 36.9 Å². The molecule has 0 atom stereocenters. The minimum Gasteiger partial charge on any atom is -0.507 e. The van der Waals surface area contributed by atoms with E-state index < -0.39 is 23.0 Å². The van der Waals surface area contributed by atoms with Crippen LogP contribution < -0.4 is 22.9 Å². The highest BCUT2D eigenvalue weighted by molar-refractivity contribution is 9.13. The molecule has 4 aromatic carbocycles. The molecule has 0 saturated carbocycles. The molecule has 0 spiro atoms. The largest absolute Gasteiger partial charge is 0.507 e. The third kappa shape index (κ3) is 4.49. The van der Waals surface area contributed by atoms with Crippen molar-refractivity contribution in [2.75, 3.05) is 11.5 Å².